The normalized spacial score (nSPS) is 22.2. The van der Waals surface area contributed by atoms with E-state index < -0.39 is 0 Å². The van der Waals surface area contributed by atoms with Crippen molar-refractivity contribution in [3.63, 3.8) is 0 Å². The standard InChI is InChI=1S/C19H37N3O4/c1-20-19(21-9-4-13-24-16-18-6-3-14-26-18)22-10-7-17(8-11-22)25-15-5-12-23-2/h17-18H,3-16H2,1-2H3,(H,20,21). The lowest BCUT2D eigenvalue weighted by Gasteiger charge is -2.34. The highest BCUT2D eigenvalue weighted by Crippen LogP contribution is 2.14. The molecule has 2 saturated heterocycles. The molecule has 1 atom stereocenters. The van der Waals surface area contributed by atoms with Crippen LogP contribution in [0.5, 0.6) is 0 Å². The Morgan fingerprint density at radius 3 is 2.69 bits per heavy atom. The van der Waals surface area contributed by atoms with Gasteiger partial charge in [-0.15, -0.1) is 0 Å². The molecule has 0 aliphatic carbocycles. The number of piperidine rings is 1. The molecule has 2 heterocycles. The molecule has 2 fully saturated rings. The van der Waals surface area contributed by atoms with Crippen LogP contribution in [0.25, 0.3) is 0 Å². The van der Waals surface area contributed by atoms with Crippen molar-refractivity contribution in [2.24, 2.45) is 4.99 Å². The number of hydrogen-bond acceptors (Lipinski definition) is 5. The third kappa shape index (κ3) is 8.20. The molecule has 1 unspecified atom stereocenters. The first-order chi connectivity index (χ1) is 12.8. The molecule has 0 bridgehead atoms. The molecule has 2 aliphatic heterocycles. The molecule has 152 valence electrons. The van der Waals surface area contributed by atoms with E-state index in [1.165, 1.54) is 6.42 Å². The second-order valence-electron chi connectivity index (χ2n) is 6.94. The van der Waals surface area contributed by atoms with Crippen LogP contribution in [0.3, 0.4) is 0 Å². The first kappa shape index (κ1) is 21.4. The fourth-order valence-electron chi connectivity index (χ4n) is 3.38. The van der Waals surface area contributed by atoms with Gasteiger partial charge in [0.1, 0.15) is 0 Å². The zero-order valence-electron chi connectivity index (χ0n) is 16.6. The SMILES string of the molecule is CN=C(NCCCOCC1CCCO1)N1CCC(OCCCOC)CC1. The summed E-state index contributed by atoms with van der Waals surface area (Å²) in [6, 6.07) is 0. The van der Waals surface area contributed by atoms with E-state index in [4.69, 9.17) is 18.9 Å². The molecule has 0 aromatic heterocycles. The highest BCUT2D eigenvalue weighted by molar-refractivity contribution is 5.79. The smallest absolute Gasteiger partial charge is 0.193 e. The van der Waals surface area contributed by atoms with Gasteiger partial charge in [0.2, 0.25) is 0 Å². The van der Waals surface area contributed by atoms with Crippen molar-refractivity contribution < 1.29 is 18.9 Å². The number of ether oxygens (including phenoxy) is 4. The lowest BCUT2D eigenvalue weighted by atomic mass is 10.1. The summed E-state index contributed by atoms with van der Waals surface area (Å²) in [5.74, 6) is 0.988. The molecular weight excluding hydrogens is 334 g/mol. The van der Waals surface area contributed by atoms with E-state index >= 15 is 0 Å². The van der Waals surface area contributed by atoms with Gasteiger partial charge < -0.3 is 29.2 Å². The van der Waals surface area contributed by atoms with Crippen molar-refractivity contribution in [2.75, 3.05) is 66.8 Å². The number of rotatable bonds is 11. The molecule has 0 aromatic carbocycles. The average Bonchev–Trinajstić information content (AvgIpc) is 3.19. The predicted molar refractivity (Wildman–Crippen MR) is 103 cm³/mol. The van der Waals surface area contributed by atoms with Gasteiger partial charge in [0.15, 0.2) is 5.96 Å². The Kier molecular flexibility index (Phi) is 11.0. The maximum absolute atomic E-state index is 5.92. The Morgan fingerprint density at radius 2 is 2.00 bits per heavy atom. The van der Waals surface area contributed by atoms with Crippen LogP contribution in [0.2, 0.25) is 0 Å². The zero-order chi connectivity index (χ0) is 18.5. The number of methoxy groups -OCH3 is 1. The maximum atomic E-state index is 5.92. The number of guanidine groups is 1. The summed E-state index contributed by atoms with van der Waals surface area (Å²) in [5.41, 5.74) is 0. The van der Waals surface area contributed by atoms with E-state index in [0.29, 0.717) is 12.2 Å². The second-order valence-corrected chi connectivity index (χ2v) is 6.94. The van der Waals surface area contributed by atoms with E-state index in [1.807, 2.05) is 7.05 Å². The number of aliphatic imine (C=N–C) groups is 1. The van der Waals surface area contributed by atoms with Gasteiger partial charge in [-0.25, -0.2) is 0 Å². The van der Waals surface area contributed by atoms with Crippen LogP contribution >= 0.6 is 0 Å². The van der Waals surface area contributed by atoms with Crippen molar-refractivity contribution in [3.8, 4) is 0 Å². The molecule has 0 spiro atoms. The summed E-state index contributed by atoms with van der Waals surface area (Å²) >= 11 is 0. The third-order valence-corrected chi connectivity index (χ3v) is 4.88. The lowest BCUT2D eigenvalue weighted by Crippen LogP contribution is -2.47. The lowest BCUT2D eigenvalue weighted by molar-refractivity contribution is 0.00974. The summed E-state index contributed by atoms with van der Waals surface area (Å²) in [7, 11) is 3.58. The van der Waals surface area contributed by atoms with Crippen molar-refractivity contribution in [1.82, 2.24) is 10.2 Å². The first-order valence-corrected chi connectivity index (χ1v) is 10.1. The Hall–Kier alpha value is -0.890. The fraction of sp³-hybridized carbons (Fsp3) is 0.947. The summed E-state index contributed by atoms with van der Waals surface area (Å²) in [5, 5.41) is 3.45. The molecule has 7 heteroatoms. The van der Waals surface area contributed by atoms with Gasteiger partial charge in [0, 0.05) is 60.2 Å². The van der Waals surface area contributed by atoms with Gasteiger partial charge in [0.05, 0.1) is 18.8 Å². The highest BCUT2D eigenvalue weighted by Gasteiger charge is 2.21. The first-order valence-electron chi connectivity index (χ1n) is 10.1. The second kappa shape index (κ2) is 13.3. The Balaban J connectivity index is 1.50. The molecule has 2 aliphatic rings. The minimum atomic E-state index is 0.314. The summed E-state index contributed by atoms with van der Waals surface area (Å²) in [6.45, 7) is 6.80. The molecule has 2 rings (SSSR count). The van der Waals surface area contributed by atoms with Crippen molar-refractivity contribution in [3.05, 3.63) is 0 Å². The van der Waals surface area contributed by atoms with Gasteiger partial charge in [0.25, 0.3) is 0 Å². The van der Waals surface area contributed by atoms with E-state index in [-0.39, 0.29) is 0 Å². The molecule has 26 heavy (non-hydrogen) atoms. The van der Waals surface area contributed by atoms with Crippen LogP contribution in [-0.2, 0) is 18.9 Å². The van der Waals surface area contributed by atoms with Crippen LogP contribution in [0, 0.1) is 0 Å². The topological polar surface area (TPSA) is 64.6 Å². The van der Waals surface area contributed by atoms with Crippen molar-refractivity contribution >= 4 is 5.96 Å². The van der Waals surface area contributed by atoms with Crippen LogP contribution in [0.15, 0.2) is 4.99 Å². The molecule has 0 aromatic rings. The van der Waals surface area contributed by atoms with Gasteiger partial charge >= 0.3 is 0 Å². The fourth-order valence-corrected chi connectivity index (χ4v) is 3.38. The van der Waals surface area contributed by atoms with Gasteiger partial charge in [-0.05, 0) is 38.5 Å². The minimum Gasteiger partial charge on any atom is -0.385 e. The van der Waals surface area contributed by atoms with Gasteiger partial charge in [-0.1, -0.05) is 0 Å². The van der Waals surface area contributed by atoms with E-state index in [1.54, 1.807) is 7.11 Å². The highest BCUT2D eigenvalue weighted by atomic mass is 16.5. The molecule has 0 radical (unpaired) electrons. The van der Waals surface area contributed by atoms with E-state index in [0.717, 1.165) is 90.7 Å². The average molecular weight is 372 g/mol. The van der Waals surface area contributed by atoms with Gasteiger partial charge in [-0.2, -0.15) is 0 Å². The molecular formula is C19H37N3O4. The zero-order valence-corrected chi connectivity index (χ0v) is 16.6. The summed E-state index contributed by atoms with van der Waals surface area (Å²) < 4.78 is 22.2. The molecule has 0 amide bonds. The largest absolute Gasteiger partial charge is 0.385 e. The number of hydrogen-bond donors (Lipinski definition) is 1. The van der Waals surface area contributed by atoms with Crippen molar-refractivity contribution in [2.45, 2.75) is 50.7 Å². The monoisotopic (exact) mass is 371 g/mol. The Labute approximate surface area is 158 Å². The van der Waals surface area contributed by atoms with E-state index in [2.05, 4.69) is 15.2 Å². The summed E-state index contributed by atoms with van der Waals surface area (Å²) in [4.78, 5) is 6.74. The number of likely N-dealkylation sites (tertiary alicyclic amines) is 1. The van der Waals surface area contributed by atoms with Crippen LogP contribution in [0.1, 0.15) is 38.5 Å². The Bertz CT molecular complexity index is 381. The predicted octanol–water partition coefficient (Wildman–Crippen LogP) is 1.67. The van der Waals surface area contributed by atoms with Crippen LogP contribution < -0.4 is 5.32 Å². The van der Waals surface area contributed by atoms with Crippen LogP contribution in [-0.4, -0.2) is 89.9 Å². The van der Waals surface area contributed by atoms with E-state index in [9.17, 15) is 0 Å². The van der Waals surface area contributed by atoms with Crippen molar-refractivity contribution in [1.29, 1.82) is 0 Å². The molecule has 7 nitrogen and oxygen atoms in total. The molecule has 0 saturated carbocycles. The van der Waals surface area contributed by atoms with Gasteiger partial charge in [-0.3, -0.25) is 4.99 Å². The minimum absolute atomic E-state index is 0.314. The number of nitrogens with zero attached hydrogens (tertiary/aromatic N) is 2. The maximum Gasteiger partial charge on any atom is 0.193 e. The third-order valence-electron chi connectivity index (χ3n) is 4.88. The Morgan fingerprint density at radius 1 is 1.15 bits per heavy atom. The molecule has 1 N–H and O–H groups in total. The quantitative estimate of drug-likeness (QED) is 0.339. The number of nitrogens with one attached hydrogen (secondary N) is 1. The van der Waals surface area contributed by atoms with Crippen LogP contribution in [0.4, 0.5) is 0 Å². The summed E-state index contributed by atoms with van der Waals surface area (Å²) in [6.07, 6.45) is 7.04.